The fraction of sp³-hybridized carbons (Fsp3) is 1.00. The molecule has 1 aliphatic rings. The van der Waals surface area contributed by atoms with Gasteiger partial charge in [-0.05, 0) is 6.42 Å². The minimum atomic E-state index is -1.28. The zero-order valence-corrected chi connectivity index (χ0v) is 7.30. The number of rotatable bonds is 4. The Kier molecular flexibility index (Phi) is 3.88. The number of methoxy groups -OCH3 is 1. The summed E-state index contributed by atoms with van der Waals surface area (Å²) in [6.45, 7) is 1.87. The molecule has 72 valence electrons. The predicted octanol–water partition coefficient (Wildman–Crippen LogP) is 1.01. The first-order valence-corrected chi connectivity index (χ1v) is 4.23. The fourth-order valence-electron chi connectivity index (χ4n) is 1.41. The van der Waals surface area contributed by atoms with Crippen LogP contribution in [0.1, 0.15) is 6.42 Å². The van der Waals surface area contributed by atoms with Crippen molar-refractivity contribution in [2.45, 2.75) is 18.8 Å². The molecule has 2 nitrogen and oxygen atoms in total. The molecule has 0 saturated carbocycles. The van der Waals surface area contributed by atoms with E-state index in [2.05, 4.69) is 0 Å². The summed E-state index contributed by atoms with van der Waals surface area (Å²) in [4.78, 5) is 1.80. The van der Waals surface area contributed by atoms with Crippen LogP contribution in [0, 0.1) is 0 Å². The minimum absolute atomic E-state index is 0.241. The Morgan fingerprint density at radius 3 is 2.42 bits per heavy atom. The van der Waals surface area contributed by atoms with E-state index < -0.39 is 12.3 Å². The van der Waals surface area contributed by atoms with Crippen LogP contribution in [0.2, 0.25) is 0 Å². The van der Waals surface area contributed by atoms with Crippen molar-refractivity contribution >= 4 is 0 Å². The van der Waals surface area contributed by atoms with Gasteiger partial charge in [0.2, 0.25) is 0 Å². The number of alkyl halides is 2. The highest BCUT2D eigenvalue weighted by Crippen LogP contribution is 2.16. The molecule has 12 heavy (non-hydrogen) atoms. The quantitative estimate of drug-likeness (QED) is 0.597. The summed E-state index contributed by atoms with van der Waals surface area (Å²) >= 11 is 0. The third-order valence-corrected chi connectivity index (χ3v) is 2.08. The molecular formula is C8H15F2NO. The molecule has 2 atom stereocenters. The molecule has 0 radical (unpaired) electrons. The summed E-state index contributed by atoms with van der Waals surface area (Å²) in [6.07, 6.45) is -1.73. The second-order valence-corrected chi connectivity index (χ2v) is 3.14. The number of hydrogen-bond acceptors (Lipinski definition) is 2. The van der Waals surface area contributed by atoms with Crippen molar-refractivity contribution in [3.05, 3.63) is 0 Å². The van der Waals surface area contributed by atoms with Crippen LogP contribution in [0.3, 0.4) is 0 Å². The van der Waals surface area contributed by atoms with Gasteiger partial charge >= 0.3 is 0 Å². The largest absolute Gasteiger partial charge is 0.385 e. The highest BCUT2D eigenvalue weighted by molar-refractivity contribution is 4.83. The predicted molar refractivity (Wildman–Crippen MR) is 42.7 cm³/mol. The maximum atomic E-state index is 12.6. The highest BCUT2D eigenvalue weighted by Gasteiger charge is 2.31. The molecule has 4 heteroatoms. The van der Waals surface area contributed by atoms with Crippen molar-refractivity contribution in [3.63, 3.8) is 0 Å². The minimum Gasteiger partial charge on any atom is -0.385 e. The Bertz CT molecular complexity index is 124. The summed E-state index contributed by atoms with van der Waals surface area (Å²) < 4.78 is 30.1. The van der Waals surface area contributed by atoms with Gasteiger partial charge in [0.25, 0.3) is 0 Å². The molecule has 1 aliphatic heterocycles. The van der Waals surface area contributed by atoms with Gasteiger partial charge in [0.1, 0.15) is 12.3 Å². The van der Waals surface area contributed by atoms with Gasteiger partial charge in [-0.1, -0.05) is 0 Å². The molecule has 1 heterocycles. The third kappa shape index (κ3) is 2.68. The first-order chi connectivity index (χ1) is 5.74. The van der Waals surface area contributed by atoms with Gasteiger partial charge in [-0.15, -0.1) is 0 Å². The average molecular weight is 179 g/mol. The lowest BCUT2D eigenvalue weighted by atomic mass is 10.3. The molecular weight excluding hydrogens is 164 g/mol. The Hall–Kier alpha value is -0.220. The lowest BCUT2D eigenvalue weighted by Crippen LogP contribution is -2.23. The van der Waals surface area contributed by atoms with E-state index >= 15 is 0 Å². The van der Waals surface area contributed by atoms with Gasteiger partial charge in [0.15, 0.2) is 0 Å². The van der Waals surface area contributed by atoms with Crippen molar-refractivity contribution in [2.75, 3.05) is 33.4 Å². The van der Waals surface area contributed by atoms with E-state index in [0.29, 0.717) is 6.61 Å². The standard InChI is InChI=1S/C8H15F2NO/c1-12-4-2-3-11-5-7(9)8(10)6-11/h7-8H,2-6H2,1H3. The lowest BCUT2D eigenvalue weighted by Gasteiger charge is -2.12. The van der Waals surface area contributed by atoms with Crippen LogP contribution in [0.15, 0.2) is 0 Å². The van der Waals surface area contributed by atoms with E-state index in [4.69, 9.17) is 4.74 Å². The Labute approximate surface area is 71.5 Å². The average Bonchev–Trinajstić information content (AvgIpc) is 2.32. The molecule has 0 aliphatic carbocycles. The summed E-state index contributed by atoms with van der Waals surface area (Å²) in [7, 11) is 1.62. The lowest BCUT2D eigenvalue weighted by molar-refractivity contribution is 0.176. The van der Waals surface area contributed by atoms with E-state index in [1.807, 2.05) is 0 Å². The molecule has 0 aromatic rings. The number of hydrogen-bond donors (Lipinski definition) is 0. The molecule has 0 bridgehead atoms. The van der Waals surface area contributed by atoms with Crippen molar-refractivity contribution in [3.8, 4) is 0 Å². The van der Waals surface area contributed by atoms with Crippen LogP contribution in [0.4, 0.5) is 8.78 Å². The smallest absolute Gasteiger partial charge is 0.145 e. The van der Waals surface area contributed by atoms with Crippen LogP contribution in [0.25, 0.3) is 0 Å². The fourth-order valence-corrected chi connectivity index (χ4v) is 1.41. The van der Waals surface area contributed by atoms with Gasteiger partial charge in [0, 0.05) is 33.4 Å². The Morgan fingerprint density at radius 2 is 1.92 bits per heavy atom. The van der Waals surface area contributed by atoms with Gasteiger partial charge in [-0.25, -0.2) is 8.78 Å². The van der Waals surface area contributed by atoms with Crippen molar-refractivity contribution < 1.29 is 13.5 Å². The van der Waals surface area contributed by atoms with E-state index in [0.717, 1.165) is 13.0 Å². The maximum Gasteiger partial charge on any atom is 0.145 e. The van der Waals surface area contributed by atoms with Gasteiger partial charge < -0.3 is 4.74 Å². The van der Waals surface area contributed by atoms with Crippen molar-refractivity contribution in [2.24, 2.45) is 0 Å². The van der Waals surface area contributed by atoms with Crippen molar-refractivity contribution in [1.82, 2.24) is 4.90 Å². The van der Waals surface area contributed by atoms with Gasteiger partial charge in [0.05, 0.1) is 0 Å². The summed E-state index contributed by atoms with van der Waals surface area (Å²) in [6, 6.07) is 0. The van der Waals surface area contributed by atoms with Gasteiger partial charge in [-0.2, -0.15) is 0 Å². The van der Waals surface area contributed by atoms with Crippen LogP contribution >= 0.6 is 0 Å². The van der Waals surface area contributed by atoms with Crippen molar-refractivity contribution in [1.29, 1.82) is 0 Å². The SMILES string of the molecule is COCCCN1CC(F)C(F)C1. The number of likely N-dealkylation sites (tertiary alicyclic amines) is 1. The summed E-state index contributed by atoms with van der Waals surface area (Å²) in [5.74, 6) is 0. The first-order valence-electron chi connectivity index (χ1n) is 4.23. The maximum absolute atomic E-state index is 12.6. The monoisotopic (exact) mass is 179 g/mol. The van der Waals surface area contributed by atoms with E-state index in [9.17, 15) is 8.78 Å². The van der Waals surface area contributed by atoms with Crippen LogP contribution in [-0.2, 0) is 4.74 Å². The number of nitrogens with zero attached hydrogens (tertiary/aromatic N) is 1. The van der Waals surface area contributed by atoms with Crippen LogP contribution < -0.4 is 0 Å². The Balaban J connectivity index is 2.10. The zero-order chi connectivity index (χ0) is 8.97. The molecule has 2 unspecified atom stereocenters. The molecule has 1 saturated heterocycles. The second kappa shape index (κ2) is 4.72. The van der Waals surface area contributed by atoms with E-state index in [1.165, 1.54) is 0 Å². The van der Waals surface area contributed by atoms with Crippen LogP contribution in [0.5, 0.6) is 0 Å². The summed E-state index contributed by atoms with van der Waals surface area (Å²) in [5, 5.41) is 0. The molecule has 1 fully saturated rings. The molecule has 0 aromatic carbocycles. The highest BCUT2D eigenvalue weighted by atomic mass is 19.2. The molecule has 0 amide bonds. The third-order valence-electron chi connectivity index (χ3n) is 2.08. The molecule has 1 rings (SSSR count). The molecule has 0 aromatic heterocycles. The van der Waals surface area contributed by atoms with Gasteiger partial charge in [-0.3, -0.25) is 4.90 Å². The molecule has 0 spiro atoms. The number of ether oxygens (including phenoxy) is 1. The summed E-state index contributed by atoms with van der Waals surface area (Å²) in [5.41, 5.74) is 0. The van der Waals surface area contributed by atoms with E-state index in [-0.39, 0.29) is 13.1 Å². The topological polar surface area (TPSA) is 12.5 Å². The van der Waals surface area contributed by atoms with Crippen LogP contribution in [-0.4, -0.2) is 50.6 Å². The normalized spacial score (nSPS) is 31.2. The number of halogens is 2. The van der Waals surface area contributed by atoms with E-state index in [1.54, 1.807) is 12.0 Å². The second-order valence-electron chi connectivity index (χ2n) is 3.14. The molecule has 0 N–H and O–H groups in total. The Morgan fingerprint density at radius 1 is 1.33 bits per heavy atom. The first kappa shape index (κ1) is 9.86. The zero-order valence-electron chi connectivity index (χ0n) is 7.30.